The smallest absolute Gasteiger partial charge is 0.137 e. The van der Waals surface area contributed by atoms with Crippen LogP contribution in [0.25, 0.3) is 10.8 Å². The minimum Gasteiger partial charge on any atom is -0.326 e. The third-order valence-electron chi connectivity index (χ3n) is 4.29. The van der Waals surface area contributed by atoms with Crippen molar-refractivity contribution in [1.29, 1.82) is 0 Å². The van der Waals surface area contributed by atoms with Gasteiger partial charge in [-0.25, -0.2) is 0 Å². The molecule has 106 valence electrons. The van der Waals surface area contributed by atoms with Gasteiger partial charge in [0.05, 0.1) is 0 Å². The van der Waals surface area contributed by atoms with Crippen molar-refractivity contribution in [3.8, 4) is 0 Å². The number of hydrogen-bond donors (Lipinski definition) is 1. The Kier molecular flexibility index (Phi) is 2.97. The van der Waals surface area contributed by atoms with E-state index in [2.05, 4.69) is 57.2 Å². The summed E-state index contributed by atoms with van der Waals surface area (Å²) in [6.45, 7) is 0.836. The number of rotatable bonds is 2. The Hall–Kier alpha value is -2.20. The molecular formula is C17H18N4. The fourth-order valence-electron chi connectivity index (χ4n) is 3.16. The van der Waals surface area contributed by atoms with Crippen molar-refractivity contribution in [1.82, 2.24) is 14.8 Å². The highest BCUT2D eigenvalue weighted by atomic mass is 15.3. The molecule has 0 radical (unpaired) electrons. The summed E-state index contributed by atoms with van der Waals surface area (Å²) in [7, 11) is 0. The van der Waals surface area contributed by atoms with Crippen LogP contribution in [0.1, 0.15) is 23.6 Å². The van der Waals surface area contributed by atoms with E-state index in [-0.39, 0.29) is 6.04 Å². The molecule has 0 saturated heterocycles. The highest BCUT2D eigenvalue weighted by Gasteiger charge is 2.20. The second kappa shape index (κ2) is 4.97. The van der Waals surface area contributed by atoms with E-state index >= 15 is 0 Å². The van der Waals surface area contributed by atoms with Crippen LogP contribution < -0.4 is 5.73 Å². The van der Waals surface area contributed by atoms with Crippen LogP contribution >= 0.6 is 0 Å². The summed E-state index contributed by atoms with van der Waals surface area (Å²) in [5.41, 5.74) is 7.38. The quantitative estimate of drug-likeness (QED) is 0.782. The topological polar surface area (TPSA) is 56.7 Å². The molecule has 0 amide bonds. The predicted octanol–water partition coefficient (Wildman–Crippen LogP) is 2.30. The lowest BCUT2D eigenvalue weighted by Gasteiger charge is -2.21. The molecule has 0 spiro atoms. The molecule has 0 fully saturated rings. The summed E-state index contributed by atoms with van der Waals surface area (Å²) < 4.78 is 2.20. The van der Waals surface area contributed by atoms with E-state index < -0.39 is 0 Å². The zero-order valence-corrected chi connectivity index (χ0v) is 11.9. The number of aromatic nitrogens is 3. The third-order valence-corrected chi connectivity index (χ3v) is 4.29. The predicted molar refractivity (Wildman–Crippen MR) is 83.1 cm³/mol. The summed E-state index contributed by atoms with van der Waals surface area (Å²) in [4.78, 5) is 0. The molecule has 1 aliphatic heterocycles. The van der Waals surface area contributed by atoms with Gasteiger partial charge in [0, 0.05) is 25.4 Å². The molecule has 0 aliphatic carbocycles. The lowest BCUT2D eigenvalue weighted by atomic mass is 10.0. The van der Waals surface area contributed by atoms with Crippen LogP contribution in [-0.2, 0) is 19.4 Å². The second-order valence-electron chi connectivity index (χ2n) is 5.76. The van der Waals surface area contributed by atoms with Crippen LogP contribution in [0.4, 0.5) is 0 Å². The highest BCUT2D eigenvalue weighted by molar-refractivity contribution is 5.85. The minimum atomic E-state index is 0.222. The van der Waals surface area contributed by atoms with Crippen LogP contribution in [-0.4, -0.2) is 20.8 Å². The minimum absolute atomic E-state index is 0.222. The lowest BCUT2D eigenvalue weighted by molar-refractivity contribution is 0.445. The van der Waals surface area contributed by atoms with Gasteiger partial charge < -0.3 is 10.3 Å². The van der Waals surface area contributed by atoms with E-state index in [0.29, 0.717) is 0 Å². The first-order chi connectivity index (χ1) is 10.3. The molecule has 2 N–H and O–H groups in total. The first kappa shape index (κ1) is 12.5. The molecule has 2 heterocycles. The Balaban J connectivity index is 1.74. The zero-order chi connectivity index (χ0) is 14.2. The molecular weight excluding hydrogens is 260 g/mol. The number of aryl methyl sites for hydroxylation is 1. The fourth-order valence-corrected chi connectivity index (χ4v) is 3.16. The van der Waals surface area contributed by atoms with Gasteiger partial charge in [0.25, 0.3) is 0 Å². The number of nitrogens with zero attached hydrogens (tertiary/aromatic N) is 3. The highest BCUT2D eigenvalue weighted by Crippen LogP contribution is 2.22. The number of benzene rings is 2. The van der Waals surface area contributed by atoms with Crippen LogP contribution in [0, 0.1) is 0 Å². The molecule has 1 aromatic heterocycles. The van der Waals surface area contributed by atoms with Gasteiger partial charge in [-0.1, -0.05) is 42.5 Å². The summed E-state index contributed by atoms with van der Waals surface area (Å²) in [6.07, 6.45) is 2.75. The summed E-state index contributed by atoms with van der Waals surface area (Å²) in [5, 5.41) is 11.3. The van der Waals surface area contributed by atoms with Crippen molar-refractivity contribution < 1.29 is 0 Å². The third kappa shape index (κ3) is 2.21. The van der Waals surface area contributed by atoms with Gasteiger partial charge in [0.1, 0.15) is 11.6 Å². The van der Waals surface area contributed by atoms with Crippen LogP contribution in [0.15, 0.2) is 42.5 Å². The van der Waals surface area contributed by atoms with Gasteiger partial charge in [0.15, 0.2) is 0 Å². The Morgan fingerprint density at radius 2 is 1.95 bits per heavy atom. The molecule has 4 heteroatoms. The monoisotopic (exact) mass is 278 g/mol. The Morgan fingerprint density at radius 3 is 2.90 bits per heavy atom. The zero-order valence-electron chi connectivity index (χ0n) is 11.9. The molecule has 1 unspecified atom stereocenters. The van der Waals surface area contributed by atoms with Gasteiger partial charge in [-0.3, -0.25) is 0 Å². The van der Waals surface area contributed by atoms with Crippen LogP contribution in [0.5, 0.6) is 0 Å². The van der Waals surface area contributed by atoms with Crippen molar-refractivity contribution in [3.05, 3.63) is 59.7 Å². The van der Waals surface area contributed by atoms with E-state index in [1.165, 1.54) is 16.3 Å². The number of hydrogen-bond acceptors (Lipinski definition) is 3. The molecule has 2 aromatic carbocycles. The van der Waals surface area contributed by atoms with Gasteiger partial charge >= 0.3 is 0 Å². The van der Waals surface area contributed by atoms with Crippen molar-refractivity contribution in [2.24, 2.45) is 5.73 Å². The van der Waals surface area contributed by atoms with Gasteiger partial charge in [-0.05, 0) is 22.8 Å². The van der Waals surface area contributed by atoms with Gasteiger partial charge in [-0.2, -0.15) is 0 Å². The van der Waals surface area contributed by atoms with Gasteiger partial charge in [-0.15, -0.1) is 10.2 Å². The number of fused-ring (bicyclic) bond motifs is 2. The summed E-state index contributed by atoms with van der Waals surface area (Å²) >= 11 is 0. The van der Waals surface area contributed by atoms with Crippen molar-refractivity contribution >= 4 is 10.8 Å². The normalized spacial score (nSPS) is 17.9. The molecule has 4 rings (SSSR count). The average Bonchev–Trinajstić information content (AvgIpc) is 2.90. The first-order valence-corrected chi connectivity index (χ1v) is 7.44. The van der Waals surface area contributed by atoms with Crippen molar-refractivity contribution in [2.75, 3.05) is 0 Å². The van der Waals surface area contributed by atoms with E-state index in [1.807, 2.05) is 0 Å². The van der Waals surface area contributed by atoms with E-state index in [9.17, 15) is 0 Å². The molecule has 1 aliphatic rings. The summed E-state index contributed by atoms with van der Waals surface area (Å²) in [5.74, 6) is 2.10. The SMILES string of the molecule is NC1CCc2nnc(Cc3cccc4ccccc34)n2C1. The lowest BCUT2D eigenvalue weighted by Crippen LogP contribution is -2.32. The van der Waals surface area contributed by atoms with Crippen LogP contribution in [0.2, 0.25) is 0 Å². The van der Waals surface area contributed by atoms with Crippen molar-refractivity contribution in [3.63, 3.8) is 0 Å². The van der Waals surface area contributed by atoms with Crippen molar-refractivity contribution in [2.45, 2.75) is 31.8 Å². The summed E-state index contributed by atoms with van der Waals surface area (Å²) in [6, 6.07) is 15.1. The van der Waals surface area contributed by atoms with E-state index in [0.717, 1.165) is 37.5 Å². The Morgan fingerprint density at radius 1 is 1.10 bits per heavy atom. The van der Waals surface area contributed by atoms with Gasteiger partial charge in [0.2, 0.25) is 0 Å². The maximum Gasteiger partial charge on any atom is 0.137 e. The number of nitrogens with two attached hydrogens (primary N) is 1. The molecule has 3 aromatic rings. The first-order valence-electron chi connectivity index (χ1n) is 7.44. The van der Waals surface area contributed by atoms with E-state index in [1.54, 1.807) is 0 Å². The average molecular weight is 278 g/mol. The van der Waals surface area contributed by atoms with Crippen LogP contribution in [0.3, 0.4) is 0 Å². The fraction of sp³-hybridized carbons (Fsp3) is 0.294. The molecule has 0 bridgehead atoms. The standard InChI is InChI=1S/C17H18N4/c18-14-8-9-16-19-20-17(21(16)11-14)10-13-6-3-5-12-4-1-2-7-15(12)13/h1-7,14H,8-11,18H2. The second-order valence-corrected chi connectivity index (χ2v) is 5.76. The Bertz CT molecular complexity index is 785. The maximum atomic E-state index is 6.09. The Labute approximate surface area is 123 Å². The molecule has 1 atom stereocenters. The molecule has 21 heavy (non-hydrogen) atoms. The molecule has 0 saturated carbocycles. The largest absolute Gasteiger partial charge is 0.326 e. The maximum absolute atomic E-state index is 6.09. The van der Waals surface area contributed by atoms with E-state index in [4.69, 9.17) is 5.73 Å². The molecule has 4 nitrogen and oxygen atoms in total.